The minimum Gasteiger partial charge on any atom is -0.497 e. The fourth-order valence-corrected chi connectivity index (χ4v) is 1.61. The van der Waals surface area contributed by atoms with Crippen LogP contribution in [0.25, 0.3) is 0 Å². The molecule has 0 spiro atoms. The number of nitriles is 1. The lowest BCUT2D eigenvalue weighted by atomic mass is 10.1. The van der Waals surface area contributed by atoms with Crippen LogP contribution in [0.15, 0.2) is 18.2 Å². The first kappa shape index (κ1) is 15.8. The maximum Gasteiger partial charge on any atom is 0.257 e. The van der Waals surface area contributed by atoms with E-state index in [-0.39, 0.29) is 18.9 Å². The lowest BCUT2D eigenvalue weighted by Gasteiger charge is -2.12. The molecule has 0 aliphatic carbocycles. The predicted octanol–water partition coefficient (Wildman–Crippen LogP) is 0.605. The Labute approximate surface area is 118 Å². The third-order valence-electron chi connectivity index (χ3n) is 2.61. The van der Waals surface area contributed by atoms with E-state index in [1.165, 1.54) is 0 Å². The number of carbonyl (C=O) groups excluding carboxylic acids is 1. The summed E-state index contributed by atoms with van der Waals surface area (Å²) in [6.07, 6.45) is 0.943. The Balaban J connectivity index is 2.60. The number of ether oxygens (including phenoxy) is 2. The Morgan fingerprint density at radius 2 is 2.30 bits per heavy atom. The zero-order valence-electron chi connectivity index (χ0n) is 11.5. The molecule has 1 amide bonds. The minimum absolute atomic E-state index is 0.101. The van der Waals surface area contributed by atoms with E-state index in [0.717, 1.165) is 5.56 Å². The van der Waals surface area contributed by atoms with Gasteiger partial charge in [0.15, 0.2) is 6.61 Å². The van der Waals surface area contributed by atoms with Crippen molar-refractivity contribution in [2.45, 2.75) is 12.8 Å². The monoisotopic (exact) mass is 277 g/mol. The van der Waals surface area contributed by atoms with Crippen LogP contribution < -0.4 is 20.5 Å². The molecule has 0 aromatic heterocycles. The number of benzene rings is 1. The second-order valence-electron chi connectivity index (χ2n) is 4.06. The molecular weight excluding hydrogens is 258 g/mol. The van der Waals surface area contributed by atoms with E-state index >= 15 is 0 Å². The molecule has 20 heavy (non-hydrogen) atoms. The Morgan fingerprint density at radius 3 is 2.95 bits per heavy atom. The molecule has 0 bridgehead atoms. The molecule has 0 atom stereocenters. The van der Waals surface area contributed by atoms with Crippen molar-refractivity contribution in [1.82, 2.24) is 5.32 Å². The van der Waals surface area contributed by atoms with Crippen molar-refractivity contribution in [2.24, 2.45) is 5.73 Å². The van der Waals surface area contributed by atoms with E-state index in [4.69, 9.17) is 20.5 Å². The van der Waals surface area contributed by atoms with E-state index < -0.39 is 0 Å². The van der Waals surface area contributed by atoms with Crippen LogP contribution in [-0.2, 0) is 11.2 Å². The SMILES string of the molecule is COc1ccc(CCN)c(OCC(=O)NCCC#N)c1. The largest absolute Gasteiger partial charge is 0.497 e. The summed E-state index contributed by atoms with van der Waals surface area (Å²) in [7, 11) is 1.57. The first-order chi connectivity index (χ1) is 9.71. The summed E-state index contributed by atoms with van der Waals surface area (Å²) >= 11 is 0. The molecular formula is C14H19N3O3. The van der Waals surface area contributed by atoms with Crippen LogP contribution in [0.1, 0.15) is 12.0 Å². The van der Waals surface area contributed by atoms with Crippen molar-refractivity contribution in [3.05, 3.63) is 23.8 Å². The summed E-state index contributed by atoms with van der Waals surface area (Å²) in [4.78, 5) is 11.5. The Bertz CT molecular complexity index is 483. The van der Waals surface area contributed by atoms with Gasteiger partial charge in [0.05, 0.1) is 19.6 Å². The maximum absolute atomic E-state index is 11.5. The number of rotatable bonds is 8. The van der Waals surface area contributed by atoms with Gasteiger partial charge in [-0.2, -0.15) is 5.26 Å². The van der Waals surface area contributed by atoms with Gasteiger partial charge in [0, 0.05) is 12.6 Å². The average molecular weight is 277 g/mol. The molecule has 0 aliphatic rings. The molecule has 6 nitrogen and oxygen atoms in total. The van der Waals surface area contributed by atoms with Gasteiger partial charge in [-0.15, -0.1) is 0 Å². The number of nitrogens with one attached hydrogen (secondary N) is 1. The molecule has 0 saturated carbocycles. The number of hydrogen-bond donors (Lipinski definition) is 2. The van der Waals surface area contributed by atoms with Crippen LogP contribution in [0, 0.1) is 11.3 Å². The van der Waals surface area contributed by atoms with Crippen LogP contribution in [0.3, 0.4) is 0 Å². The topological polar surface area (TPSA) is 97.4 Å². The smallest absolute Gasteiger partial charge is 0.257 e. The Hall–Kier alpha value is -2.26. The van der Waals surface area contributed by atoms with Gasteiger partial charge in [0.2, 0.25) is 0 Å². The van der Waals surface area contributed by atoms with E-state index in [2.05, 4.69) is 5.32 Å². The van der Waals surface area contributed by atoms with Crippen LogP contribution in [0.2, 0.25) is 0 Å². The highest BCUT2D eigenvalue weighted by Crippen LogP contribution is 2.25. The van der Waals surface area contributed by atoms with Crippen LogP contribution >= 0.6 is 0 Å². The molecule has 1 aromatic carbocycles. The lowest BCUT2D eigenvalue weighted by Crippen LogP contribution is -2.29. The van der Waals surface area contributed by atoms with Crippen molar-refractivity contribution in [1.29, 1.82) is 5.26 Å². The number of nitrogens with two attached hydrogens (primary N) is 1. The van der Waals surface area contributed by atoms with Gasteiger partial charge in [-0.3, -0.25) is 4.79 Å². The molecule has 3 N–H and O–H groups in total. The van der Waals surface area contributed by atoms with Crippen LogP contribution in [0.4, 0.5) is 0 Å². The Kier molecular flexibility index (Phi) is 6.93. The molecule has 0 unspecified atom stereocenters. The molecule has 6 heteroatoms. The highest BCUT2D eigenvalue weighted by molar-refractivity contribution is 5.77. The Morgan fingerprint density at radius 1 is 1.50 bits per heavy atom. The third-order valence-corrected chi connectivity index (χ3v) is 2.61. The van der Waals surface area contributed by atoms with E-state index in [1.807, 2.05) is 18.2 Å². The molecule has 0 saturated heterocycles. The van der Waals surface area contributed by atoms with Crippen molar-refractivity contribution in [3.63, 3.8) is 0 Å². The fraction of sp³-hybridized carbons (Fsp3) is 0.429. The summed E-state index contributed by atoms with van der Waals surface area (Å²) in [5, 5.41) is 11.0. The van der Waals surface area contributed by atoms with Gasteiger partial charge in [0.25, 0.3) is 5.91 Å². The number of amides is 1. The first-order valence-corrected chi connectivity index (χ1v) is 6.34. The lowest BCUT2D eigenvalue weighted by molar-refractivity contribution is -0.123. The average Bonchev–Trinajstić information content (AvgIpc) is 2.46. The standard InChI is InChI=1S/C14H19N3O3/c1-19-12-4-3-11(5-7-16)13(9-12)20-10-14(18)17-8-2-6-15/h3-4,9H,2,5,7-8,10,16H2,1H3,(H,17,18). The second-order valence-corrected chi connectivity index (χ2v) is 4.06. The molecule has 1 aromatic rings. The van der Waals surface area contributed by atoms with E-state index in [9.17, 15) is 4.79 Å². The zero-order chi connectivity index (χ0) is 14.8. The first-order valence-electron chi connectivity index (χ1n) is 6.34. The van der Waals surface area contributed by atoms with Crippen molar-refractivity contribution < 1.29 is 14.3 Å². The highest BCUT2D eigenvalue weighted by Gasteiger charge is 2.08. The van der Waals surface area contributed by atoms with Gasteiger partial charge in [0.1, 0.15) is 11.5 Å². The van der Waals surface area contributed by atoms with Crippen molar-refractivity contribution >= 4 is 5.91 Å². The van der Waals surface area contributed by atoms with Gasteiger partial charge in [-0.05, 0) is 24.6 Å². The summed E-state index contributed by atoms with van der Waals surface area (Å²) in [6, 6.07) is 7.38. The second kappa shape index (κ2) is 8.77. The quantitative estimate of drug-likeness (QED) is 0.678. The number of carbonyl (C=O) groups is 1. The molecule has 1 rings (SSSR count). The summed E-state index contributed by atoms with van der Waals surface area (Å²) in [6.45, 7) is 0.722. The summed E-state index contributed by atoms with van der Waals surface area (Å²) in [5.74, 6) is 0.984. The normalized spacial score (nSPS) is 9.65. The zero-order valence-corrected chi connectivity index (χ0v) is 11.5. The molecule has 0 aliphatic heterocycles. The number of nitrogens with zero attached hydrogens (tertiary/aromatic N) is 1. The van der Waals surface area contributed by atoms with Gasteiger partial charge >= 0.3 is 0 Å². The van der Waals surface area contributed by atoms with Crippen molar-refractivity contribution in [3.8, 4) is 17.6 Å². The summed E-state index contributed by atoms with van der Waals surface area (Å²) in [5.41, 5.74) is 6.47. The van der Waals surface area contributed by atoms with Gasteiger partial charge in [-0.25, -0.2) is 0 Å². The predicted molar refractivity (Wildman–Crippen MR) is 74.5 cm³/mol. The molecule has 108 valence electrons. The maximum atomic E-state index is 11.5. The highest BCUT2D eigenvalue weighted by atomic mass is 16.5. The van der Waals surface area contributed by atoms with E-state index in [0.29, 0.717) is 31.0 Å². The minimum atomic E-state index is -0.262. The number of hydrogen-bond acceptors (Lipinski definition) is 5. The molecule has 0 heterocycles. The van der Waals surface area contributed by atoms with Crippen molar-refractivity contribution in [2.75, 3.05) is 26.8 Å². The van der Waals surface area contributed by atoms with Crippen LogP contribution in [-0.4, -0.2) is 32.7 Å². The summed E-state index contributed by atoms with van der Waals surface area (Å²) < 4.78 is 10.6. The van der Waals surface area contributed by atoms with Crippen LogP contribution in [0.5, 0.6) is 11.5 Å². The number of methoxy groups -OCH3 is 1. The third kappa shape index (κ3) is 5.16. The molecule has 0 radical (unpaired) electrons. The molecule has 0 fully saturated rings. The van der Waals surface area contributed by atoms with Gasteiger partial charge < -0.3 is 20.5 Å². The fourth-order valence-electron chi connectivity index (χ4n) is 1.61. The van der Waals surface area contributed by atoms with Gasteiger partial charge in [-0.1, -0.05) is 6.07 Å². The van der Waals surface area contributed by atoms with E-state index in [1.54, 1.807) is 13.2 Å².